The highest BCUT2D eigenvalue weighted by Crippen LogP contribution is 2.33. The molecule has 2 aliphatic heterocycles. The molecule has 9 heteroatoms. The van der Waals surface area contributed by atoms with Gasteiger partial charge in [-0.1, -0.05) is 13.3 Å². The van der Waals surface area contributed by atoms with Gasteiger partial charge in [0.05, 0.1) is 29.5 Å². The highest BCUT2D eigenvalue weighted by atomic mass is 19.1. The SMILES string of the molecule is CCc1coc2cc(-c3ncc(N(C)[C@H]4CC5CCCC(N5)[C@H]4F)nn3)c(O)cc2c1=O. The van der Waals surface area contributed by atoms with Crippen LogP contribution in [-0.4, -0.2) is 51.6 Å². The third-order valence-corrected chi connectivity index (χ3v) is 6.79. The number of phenolic OH excluding ortho intramolecular Hbond substituents is 1. The molecule has 0 spiro atoms. The molecule has 2 unspecified atom stereocenters. The van der Waals surface area contributed by atoms with Crippen molar-refractivity contribution in [1.82, 2.24) is 20.5 Å². The summed E-state index contributed by atoms with van der Waals surface area (Å²) < 4.78 is 20.6. The number of hydrogen-bond acceptors (Lipinski definition) is 8. The van der Waals surface area contributed by atoms with E-state index in [2.05, 4.69) is 20.5 Å². The molecule has 0 radical (unpaired) electrons. The quantitative estimate of drug-likeness (QED) is 0.639. The fourth-order valence-electron chi connectivity index (χ4n) is 4.90. The average molecular weight is 439 g/mol. The van der Waals surface area contributed by atoms with Gasteiger partial charge in [0.25, 0.3) is 0 Å². The molecule has 4 atom stereocenters. The van der Waals surface area contributed by atoms with Crippen molar-refractivity contribution in [2.24, 2.45) is 0 Å². The number of hydrogen-bond donors (Lipinski definition) is 2. The minimum atomic E-state index is -0.988. The Balaban J connectivity index is 1.43. The predicted molar refractivity (Wildman–Crippen MR) is 119 cm³/mol. The number of phenols is 1. The van der Waals surface area contributed by atoms with Gasteiger partial charge in [0, 0.05) is 24.7 Å². The molecular weight excluding hydrogens is 413 g/mol. The van der Waals surface area contributed by atoms with Gasteiger partial charge in [-0.2, -0.15) is 0 Å². The zero-order valence-corrected chi connectivity index (χ0v) is 18.1. The highest BCUT2D eigenvalue weighted by Gasteiger charge is 2.42. The summed E-state index contributed by atoms with van der Waals surface area (Å²) in [6.07, 6.45) is 6.21. The van der Waals surface area contributed by atoms with E-state index in [0.717, 1.165) is 19.3 Å². The monoisotopic (exact) mass is 439 g/mol. The van der Waals surface area contributed by atoms with E-state index < -0.39 is 6.17 Å². The van der Waals surface area contributed by atoms with Crippen LogP contribution in [0.25, 0.3) is 22.4 Å². The van der Waals surface area contributed by atoms with Crippen LogP contribution in [0.5, 0.6) is 5.75 Å². The van der Waals surface area contributed by atoms with Gasteiger partial charge in [-0.15, -0.1) is 10.2 Å². The molecule has 2 fully saturated rings. The maximum Gasteiger partial charge on any atom is 0.195 e. The molecule has 0 amide bonds. The van der Waals surface area contributed by atoms with Gasteiger partial charge in [0.1, 0.15) is 17.5 Å². The number of piperidine rings is 2. The normalized spacial score (nSPS) is 25.1. The topological polar surface area (TPSA) is 104 Å². The summed E-state index contributed by atoms with van der Waals surface area (Å²) in [4.78, 5) is 18.6. The Labute approximate surface area is 184 Å². The maximum absolute atomic E-state index is 15.0. The van der Waals surface area contributed by atoms with Crippen molar-refractivity contribution in [2.75, 3.05) is 11.9 Å². The van der Waals surface area contributed by atoms with Crippen LogP contribution in [-0.2, 0) is 6.42 Å². The number of nitrogens with one attached hydrogen (secondary N) is 1. The first kappa shape index (κ1) is 20.8. The second-order valence-corrected chi connectivity index (χ2v) is 8.71. The van der Waals surface area contributed by atoms with Gasteiger partial charge >= 0.3 is 0 Å². The van der Waals surface area contributed by atoms with Crippen LogP contribution in [0.4, 0.5) is 10.2 Å². The highest BCUT2D eigenvalue weighted by molar-refractivity contribution is 5.85. The molecule has 2 bridgehead atoms. The summed E-state index contributed by atoms with van der Waals surface area (Å²) in [7, 11) is 1.82. The Kier molecular flexibility index (Phi) is 5.28. The Hall–Kier alpha value is -3.07. The third kappa shape index (κ3) is 3.50. The van der Waals surface area contributed by atoms with Crippen LogP contribution in [0.1, 0.15) is 38.2 Å². The van der Waals surface area contributed by atoms with Gasteiger partial charge in [-0.25, -0.2) is 9.37 Å². The van der Waals surface area contributed by atoms with E-state index in [0.29, 0.717) is 46.8 Å². The lowest BCUT2D eigenvalue weighted by Crippen LogP contribution is -2.61. The lowest BCUT2D eigenvalue weighted by atomic mass is 9.82. The molecule has 4 heterocycles. The summed E-state index contributed by atoms with van der Waals surface area (Å²) in [5, 5.41) is 22.6. The van der Waals surface area contributed by atoms with E-state index in [1.165, 1.54) is 24.6 Å². The minimum absolute atomic E-state index is 0.118. The molecule has 2 N–H and O–H groups in total. The van der Waals surface area contributed by atoms with Gasteiger partial charge in [0.15, 0.2) is 17.1 Å². The molecule has 3 aromatic rings. The second-order valence-electron chi connectivity index (χ2n) is 8.71. The van der Waals surface area contributed by atoms with Crippen LogP contribution in [0.2, 0.25) is 0 Å². The molecule has 8 nitrogen and oxygen atoms in total. The first-order valence-corrected chi connectivity index (χ1v) is 11.1. The molecule has 1 aromatic carbocycles. The fraction of sp³-hybridized carbons (Fsp3) is 0.478. The number of rotatable bonds is 4. The molecular formula is C23H26FN5O3. The van der Waals surface area contributed by atoms with Crippen LogP contribution < -0.4 is 15.6 Å². The second kappa shape index (κ2) is 8.12. The lowest BCUT2D eigenvalue weighted by molar-refractivity contribution is 0.107. The number of nitrogens with zero attached hydrogens (tertiary/aromatic N) is 4. The number of aryl methyl sites for hydroxylation is 1. The lowest BCUT2D eigenvalue weighted by Gasteiger charge is -2.45. The summed E-state index contributed by atoms with van der Waals surface area (Å²) in [5.74, 6) is 0.541. The maximum atomic E-state index is 15.0. The van der Waals surface area contributed by atoms with E-state index in [-0.39, 0.29) is 29.1 Å². The fourth-order valence-corrected chi connectivity index (χ4v) is 4.90. The van der Waals surface area contributed by atoms with Crippen molar-refractivity contribution in [3.63, 3.8) is 0 Å². The molecule has 0 aliphatic carbocycles. The molecule has 2 aliphatic rings. The average Bonchev–Trinajstić information content (AvgIpc) is 2.82. The smallest absolute Gasteiger partial charge is 0.195 e. The number of aromatic hydroxyl groups is 1. The summed E-state index contributed by atoms with van der Waals surface area (Å²) in [6.45, 7) is 1.87. The molecule has 2 aromatic heterocycles. The number of halogens is 1. The van der Waals surface area contributed by atoms with Crippen LogP contribution >= 0.6 is 0 Å². The minimum Gasteiger partial charge on any atom is -0.507 e. The first-order chi connectivity index (χ1) is 15.5. The van der Waals surface area contributed by atoms with Crippen LogP contribution in [0.15, 0.2) is 33.8 Å². The third-order valence-electron chi connectivity index (χ3n) is 6.79. The number of benzene rings is 1. The number of anilines is 1. The zero-order chi connectivity index (χ0) is 22.4. The van der Waals surface area contributed by atoms with Gasteiger partial charge in [0.2, 0.25) is 0 Å². The largest absolute Gasteiger partial charge is 0.507 e. The Bertz CT molecular complexity index is 1200. The predicted octanol–water partition coefficient (Wildman–Crippen LogP) is 2.97. The number of aromatic nitrogens is 3. The molecule has 168 valence electrons. The van der Waals surface area contributed by atoms with Crippen molar-refractivity contribution >= 4 is 16.8 Å². The number of fused-ring (bicyclic) bond motifs is 3. The van der Waals surface area contributed by atoms with Crippen molar-refractivity contribution in [2.45, 2.75) is 63.3 Å². The van der Waals surface area contributed by atoms with Gasteiger partial charge in [-0.3, -0.25) is 4.79 Å². The molecule has 2 saturated heterocycles. The summed E-state index contributed by atoms with van der Waals surface area (Å²) in [6, 6.07) is 2.83. The van der Waals surface area contributed by atoms with Gasteiger partial charge in [-0.05, 0) is 37.8 Å². The van der Waals surface area contributed by atoms with Crippen molar-refractivity contribution in [3.05, 3.63) is 40.4 Å². The number of alkyl halides is 1. The standard InChI is InChI=1S/C23H26FN5O3/c1-3-12-11-32-19-9-14(18(30)8-15(19)22(12)31)23-25-10-20(27-28-23)29(2)17-7-13-5-4-6-16(26-13)21(17)24/h8-11,13,16-17,21,26,30H,3-7H2,1-2H3/t13?,16?,17-,21+/m0/s1. The molecule has 32 heavy (non-hydrogen) atoms. The van der Waals surface area contributed by atoms with E-state index in [9.17, 15) is 9.90 Å². The molecule has 5 rings (SSSR count). The van der Waals surface area contributed by atoms with Crippen molar-refractivity contribution < 1.29 is 13.9 Å². The van der Waals surface area contributed by atoms with Crippen molar-refractivity contribution in [1.29, 1.82) is 0 Å². The van der Waals surface area contributed by atoms with E-state index in [4.69, 9.17) is 4.42 Å². The zero-order valence-electron chi connectivity index (χ0n) is 18.1. The first-order valence-electron chi connectivity index (χ1n) is 11.1. The van der Waals surface area contributed by atoms with Crippen LogP contribution in [0, 0.1) is 0 Å². The summed E-state index contributed by atoms with van der Waals surface area (Å²) >= 11 is 0. The van der Waals surface area contributed by atoms with E-state index >= 15 is 4.39 Å². The van der Waals surface area contributed by atoms with E-state index in [1.54, 1.807) is 0 Å². The van der Waals surface area contributed by atoms with Gasteiger partial charge < -0.3 is 19.7 Å². The molecule has 0 saturated carbocycles. The van der Waals surface area contributed by atoms with Crippen LogP contribution in [0.3, 0.4) is 0 Å². The Morgan fingerprint density at radius 3 is 2.91 bits per heavy atom. The Morgan fingerprint density at radius 2 is 2.16 bits per heavy atom. The van der Waals surface area contributed by atoms with E-state index in [1.807, 2.05) is 18.9 Å². The summed E-state index contributed by atoms with van der Waals surface area (Å²) in [5.41, 5.74) is 1.03. The van der Waals surface area contributed by atoms with Crippen molar-refractivity contribution in [3.8, 4) is 17.1 Å². The Morgan fingerprint density at radius 1 is 1.31 bits per heavy atom.